The molecule has 5 nitrogen and oxygen atoms in total. The second kappa shape index (κ2) is 8.98. The summed E-state index contributed by atoms with van der Waals surface area (Å²) in [4.78, 5) is 5.89. The molecule has 0 fully saturated rings. The highest BCUT2D eigenvalue weighted by molar-refractivity contribution is 8.00. The minimum absolute atomic E-state index is 0.169. The van der Waals surface area contributed by atoms with E-state index in [4.69, 9.17) is 9.72 Å². The summed E-state index contributed by atoms with van der Waals surface area (Å²) in [5.74, 6) is 0.646. The van der Waals surface area contributed by atoms with Crippen LogP contribution in [0.5, 0.6) is 11.5 Å². The van der Waals surface area contributed by atoms with Crippen LogP contribution in [0.2, 0.25) is 0 Å². The Hall–Kier alpha value is -3.42. The molecule has 4 aromatic carbocycles. The summed E-state index contributed by atoms with van der Waals surface area (Å²) >= 11 is 3.19. The molecular weight excluding hydrogens is 438 g/mol. The predicted octanol–water partition coefficient (Wildman–Crippen LogP) is 6.90. The standard InChI is InChI=1S/C25H21N3O2S2/c1-30-21-8-4-6-17(24(21)29)15-26-18-10-12-19(13-11-18)32-28-25-27-23-20-7-3-2-5-16(20)9-14-22(23)31-25/h2-14,26,29H,15H2,1H3,(H,27,28). The van der Waals surface area contributed by atoms with Crippen molar-refractivity contribution in [2.75, 3.05) is 17.1 Å². The van der Waals surface area contributed by atoms with E-state index in [0.717, 1.165) is 26.8 Å². The number of aromatic hydroxyl groups is 1. The number of rotatable bonds is 7. The molecule has 0 aliphatic carbocycles. The molecule has 0 aliphatic heterocycles. The molecule has 0 radical (unpaired) electrons. The summed E-state index contributed by atoms with van der Waals surface area (Å²) in [6.45, 7) is 0.507. The average Bonchev–Trinajstić information content (AvgIpc) is 3.26. The van der Waals surface area contributed by atoms with Crippen molar-refractivity contribution in [1.82, 2.24) is 4.98 Å². The van der Waals surface area contributed by atoms with Gasteiger partial charge in [-0.1, -0.05) is 53.8 Å². The Morgan fingerprint density at radius 3 is 2.66 bits per heavy atom. The molecule has 1 heterocycles. The maximum Gasteiger partial charge on any atom is 0.194 e. The van der Waals surface area contributed by atoms with Gasteiger partial charge in [0, 0.05) is 28.1 Å². The molecule has 5 rings (SSSR count). The number of phenolic OH excluding ortho intramolecular Hbond substituents is 1. The number of thiazole rings is 1. The van der Waals surface area contributed by atoms with Gasteiger partial charge in [-0.2, -0.15) is 0 Å². The first kappa shape index (κ1) is 20.5. The Kier molecular flexibility index (Phi) is 5.75. The highest BCUT2D eigenvalue weighted by atomic mass is 32.2. The Morgan fingerprint density at radius 1 is 0.969 bits per heavy atom. The van der Waals surface area contributed by atoms with Crippen LogP contribution in [0.1, 0.15) is 5.56 Å². The van der Waals surface area contributed by atoms with Crippen molar-refractivity contribution in [2.24, 2.45) is 0 Å². The number of nitrogens with one attached hydrogen (secondary N) is 2. The van der Waals surface area contributed by atoms with Crippen molar-refractivity contribution in [2.45, 2.75) is 11.4 Å². The molecule has 160 valence electrons. The fraction of sp³-hybridized carbons (Fsp3) is 0.0800. The molecule has 0 saturated heterocycles. The highest BCUT2D eigenvalue weighted by Gasteiger charge is 2.09. The monoisotopic (exact) mass is 459 g/mol. The van der Waals surface area contributed by atoms with Crippen LogP contribution < -0.4 is 14.8 Å². The minimum atomic E-state index is 0.169. The summed E-state index contributed by atoms with van der Waals surface area (Å²) in [6, 6.07) is 26.2. The van der Waals surface area contributed by atoms with Gasteiger partial charge in [0.25, 0.3) is 0 Å². The molecule has 0 saturated carbocycles. The molecular formula is C25H21N3O2S2. The van der Waals surface area contributed by atoms with E-state index in [2.05, 4.69) is 34.3 Å². The van der Waals surface area contributed by atoms with E-state index in [0.29, 0.717) is 12.3 Å². The number of phenols is 1. The molecule has 1 aromatic heterocycles. The van der Waals surface area contributed by atoms with Crippen molar-refractivity contribution in [3.8, 4) is 11.5 Å². The molecule has 0 aliphatic rings. The first-order valence-electron chi connectivity index (χ1n) is 10.1. The van der Waals surface area contributed by atoms with Crippen molar-refractivity contribution in [3.63, 3.8) is 0 Å². The number of anilines is 2. The minimum Gasteiger partial charge on any atom is -0.504 e. The van der Waals surface area contributed by atoms with Crippen LogP contribution in [0.15, 0.2) is 83.8 Å². The van der Waals surface area contributed by atoms with Crippen LogP contribution in [0, 0.1) is 0 Å². The van der Waals surface area contributed by atoms with Gasteiger partial charge in [0.1, 0.15) is 0 Å². The molecule has 0 bridgehead atoms. The van der Waals surface area contributed by atoms with Crippen LogP contribution in [0.25, 0.3) is 21.0 Å². The van der Waals surface area contributed by atoms with Crippen molar-refractivity contribution in [1.29, 1.82) is 0 Å². The zero-order valence-corrected chi connectivity index (χ0v) is 19.0. The average molecular weight is 460 g/mol. The highest BCUT2D eigenvalue weighted by Crippen LogP contribution is 2.34. The lowest BCUT2D eigenvalue weighted by atomic mass is 10.1. The molecule has 0 unspecified atom stereocenters. The largest absolute Gasteiger partial charge is 0.504 e. The third-order valence-corrected chi connectivity index (χ3v) is 7.05. The lowest BCUT2D eigenvalue weighted by Gasteiger charge is -2.11. The molecule has 0 spiro atoms. The van der Waals surface area contributed by atoms with Gasteiger partial charge in [-0.3, -0.25) is 0 Å². The molecule has 3 N–H and O–H groups in total. The number of hydrogen-bond acceptors (Lipinski definition) is 7. The van der Waals surface area contributed by atoms with E-state index < -0.39 is 0 Å². The second-order valence-corrected chi connectivity index (χ2v) is 9.11. The zero-order chi connectivity index (χ0) is 21.9. The fourth-order valence-corrected chi connectivity index (χ4v) is 5.07. The van der Waals surface area contributed by atoms with Crippen molar-refractivity contribution < 1.29 is 9.84 Å². The Labute approximate surface area is 194 Å². The quantitative estimate of drug-likeness (QED) is 0.230. The molecule has 0 atom stereocenters. The summed E-state index contributed by atoms with van der Waals surface area (Å²) in [5, 5.41) is 16.8. The Morgan fingerprint density at radius 2 is 1.81 bits per heavy atom. The fourth-order valence-electron chi connectivity index (χ4n) is 3.52. The van der Waals surface area contributed by atoms with Crippen LogP contribution in [-0.4, -0.2) is 17.2 Å². The van der Waals surface area contributed by atoms with Gasteiger partial charge >= 0.3 is 0 Å². The van der Waals surface area contributed by atoms with E-state index in [1.54, 1.807) is 24.5 Å². The normalized spacial score (nSPS) is 11.0. The number of hydrogen-bond donors (Lipinski definition) is 3. The third-order valence-electron chi connectivity index (χ3n) is 5.18. The second-order valence-electron chi connectivity index (χ2n) is 7.20. The lowest BCUT2D eigenvalue weighted by molar-refractivity contribution is 0.371. The van der Waals surface area contributed by atoms with Gasteiger partial charge in [0.2, 0.25) is 0 Å². The van der Waals surface area contributed by atoms with E-state index in [-0.39, 0.29) is 5.75 Å². The van der Waals surface area contributed by atoms with Gasteiger partial charge in [-0.15, -0.1) is 0 Å². The van der Waals surface area contributed by atoms with Gasteiger partial charge in [-0.05, 0) is 53.7 Å². The number of methoxy groups -OCH3 is 1. The summed E-state index contributed by atoms with van der Waals surface area (Å²) in [6.07, 6.45) is 0. The zero-order valence-electron chi connectivity index (χ0n) is 17.3. The molecule has 5 aromatic rings. The SMILES string of the molecule is COc1cccc(CNc2ccc(SNc3nc4c(ccc5ccccc54)s3)cc2)c1O. The summed E-state index contributed by atoms with van der Waals surface area (Å²) < 4.78 is 9.71. The number of para-hydroxylation sites is 1. The Bertz CT molecular complexity index is 1380. The van der Waals surface area contributed by atoms with Crippen LogP contribution in [-0.2, 0) is 6.54 Å². The van der Waals surface area contributed by atoms with Crippen LogP contribution in [0.4, 0.5) is 10.8 Å². The van der Waals surface area contributed by atoms with E-state index in [9.17, 15) is 5.11 Å². The summed E-state index contributed by atoms with van der Waals surface area (Å²) in [7, 11) is 1.55. The molecule has 32 heavy (non-hydrogen) atoms. The van der Waals surface area contributed by atoms with Gasteiger partial charge in [0.15, 0.2) is 16.6 Å². The number of aromatic nitrogens is 1. The maximum atomic E-state index is 10.2. The number of ether oxygens (including phenoxy) is 1. The van der Waals surface area contributed by atoms with Gasteiger partial charge in [0.05, 0.1) is 17.3 Å². The predicted molar refractivity (Wildman–Crippen MR) is 135 cm³/mol. The van der Waals surface area contributed by atoms with Crippen LogP contribution in [0.3, 0.4) is 0 Å². The topological polar surface area (TPSA) is 66.4 Å². The summed E-state index contributed by atoms with van der Waals surface area (Å²) in [5.41, 5.74) is 2.80. The van der Waals surface area contributed by atoms with E-state index in [1.165, 1.54) is 27.4 Å². The number of fused-ring (bicyclic) bond motifs is 3. The van der Waals surface area contributed by atoms with Crippen molar-refractivity contribution in [3.05, 3.63) is 84.4 Å². The van der Waals surface area contributed by atoms with Gasteiger partial charge in [-0.25, -0.2) is 4.98 Å². The molecule has 7 heteroatoms. The lowest BCUT2D eigenvalue weighted by Crippen LogP contribution is -2.00. The molecule has 0 amide bonds. The Balaban J connectivity index is 1.23. The third kappa shape index (κ3) is 4.17. The smallest absolute Gasteiger partial charge is 0.194 e. The first-order valence-corrected chi connectivity index (χ1v) is 11.7. The van der Waals surface area contributed by atoms with E-state index in [1.807, 2.05) is 48.5 Å². The number of benzene rings is 4. The number of nitrogens with zero attached hydrogens (tertiary/aromatic N) is 1. The van der Waals surface area contributed by atoms with Crippen LogP contribution >= 0.6 is 23.3 Å². The van der Waals surface area contributed by atoms with Crippen molar-refractivity contribution >= 4 is 55.1 Å². The van der Waals surface area contributed by atoms with Gasteiger partial charge < -0.3 is 19.9 Å². The van der Waals surface area contributed by atoms with E-state index >= 15 is 0 Å². The first-order chi connectivity index (χ1) is 15.7. The maximum absolute atomic E-state index is 10.2.